The number of methoxy groups -OCH3 is 1. The van der Waals surface area contributed by atoms with Crippen LogP contribution >= 0.6 is 0 Å². The molecule has 2 heterocycles. The minimum Gasteiger partial charge on any atom is -0.383 e. The third kappa shape index (κ3) is 5.88. The molecule has 2 aromatic carbocycles. The van der Waals surface area contributed by atoms with Crippen molar-refractivity contribution in [2.75, 3.05) is 25.6 Å². The third-order valence-electron chi connectivity index (χ3n) is 6.16. The summed E-state index contributed by atoms with van der Waals surface area (Å²) in [6.07, 6.45) is 1.76. The summed E-state index contributed by atoms with van der Waals surface area (Å²) in [5.41, 5.74) is 0.427. The molecule has 0 radical (unpaired) electrons. The van der Waals surface area contributed by atoms with Crippen LogP contribution in [0.5, 0.6) is 0 Å². The molecule has 3 aromatic rings. The van der Waals surface area contributed by atoms with Gasteiger partial charge >= 0.3 is 6.03 Å². The second-order valence-electron chi connectivity index (χ2n) is 9.36. The Bertz CT molecular complexity index is 1200. The first-order chi connectivity index (χ1) is 17.3. The van der Waals surface area contributed by atoms with E-state index >= 15 is 0 Å². The minimum atomic E-state index is -1.22. The number of likely N-dealkylation sites (tertiary alicyclic amines) is 1. The van der Waals surface area contributed by atoms with Gasteiger partial charge in [0.2, 0.25) is 5.95 Å². The number of hydrogen-bond donors (Lipinski definition) is 2. The number of amides is 3. The number of nitrogens with one attached hydrogen (secondary N) is 2. The Morgan fingerprint density at radius 3 is 2.56 bits per heavy atom. The Morgan fingerprint density at radius 1 is 1.14 bits per heavy atom. The van der Waals surface area contributed by atoms with Gasteiger partial charge in [0, 0.05) is 19.2 Å². The molecule has 4 rings (SSSR count). The van der Waals surface area contributed by atoms with Crippen LogP contribution in [0.4, 0.5) is 15.1 Å². The van der Waals surface area contributed by atoms with Crippen LogP contribution in [-0.4, -0.2) is 63.4 Å². The maximum Gasteiger partial charge on any atom is 0.318 e. The van der Waals surface area contributed by atoms with Crippen molar-refractivity contribution in [2.24, 2.45) is 0 Å². The summed E-state index contributed by atoms with van der Waals surface area (Å²) in [4.78, 5) is 32.3. The highest BCUT2D eigenvalue weighted by molar-refractivity contribution is 5.98. The number of aromatic nitrogens is 3. The standard InChI is InChI=1S/C26H31FN6O3/c1-26(2,30-25(35)32-15-7-10-21(32)17-36-3)23(34)29-24-28-22(19-11-13-20(27)14-12-19)33(31-24)16-18-8-5-4-6-9-18/h4-6,8-9,11-14,21H,7,10,15-17H2,1-3H3,(H,30,35)(H,29,31,34)/t21-/m1/s1. The maximum absolute atomic E-state index is 13.5. The third-order valence-corrected chi connectivity index (χ3v) is 6.16. The molecule has 1 fully saturated rings. The van der Waals surface area contributed by atoms with E-state index in [1.165, 1.54) is 12.1 Å². The van der Waals surface area contributed by atoms with E-state index in [1.807, 2.05) is 30.3 Å². The molecule has 190 valence electrons. The van der Waals surface area contributed by atoms with Crippen LogP contribution < -0.4 is 10.6 Å². The topological polar surface area (TPSA) is 101 Å². The molecule has 0 saturated carbocycles. The second-order valence-corrected chi connectivity index (χ2v) is 9.36. The number of carbonyl (C=O) groups is 2. The van der Waals surface area contributed by atoms with Crippen molar-refractivity contribution in [1.82, 2.24) is 25.0 Å². The lowest BCUT2D eigenvalue weighted by atomic mass is 10.1. The van der Waals surface area contributed by atoms with Crippen molar-refractivity contribution < 1.29 is 18.7 Å². The Balaban J connectivity index is 1.52. The van der Waals surface area contributed by atoms with Gasteiger partial charge in [0.25, 0.3) is 5.91 Å². The van der Waals surface area contributed by atoms with Crippen LogP contribution in [0.15, 0.2) is 54.6 Å². The molecule has 2 N–H and O–H groups in total. The molecule has 0 aliphatic carbocycles. The molecular weight excluding hydrogens is 463 g/mol. The zero-order chi connectivity index (χ0) is 25.7. The number of rotatable bonds is 8. The lowest BCUT2D eigenvalue weighted by Gasteiger charge is -2.30. The Kier molecular flexibility index (Phi) is 7.64. The van der Waals surface area contributed by atoms with Crippen molar-refractivity contribution in [3.63, 3.8) is 0 Å². The highest BCUT2D eigenvalue weighted by Crippen LogP contribution is 2.22. The van der Waals surface area contributed by atoms with Crippen LogP contribution in [0.3, 0.4) is 0 Å². The second kappa shape index (κ2) is 10.9. The number of urea groups is 1. The van der Waals surface area contributed by atoms with Crippen LogP contribution in [0.25, 0.3) is 11.4 Å². The van der Waals surface area contributed by atoms with Gasteiger partial charge in [-0.15, -0.1) is 5.10 Å². The lowest BCUT2D eigenvalue weighted by molar-refractivity contribution is -0.121. The van der Waals surface area contributed by atoms with E-state index in [1.54, 1.807) is 42.7 Å². The molecule has 1 aliphatic heterocycles. The van der Waals surface area contributed by atoms with E-state index in [0.717, 1.165) is 18.4 Å². The van der Waals surface area contributed by atoms with Crippen molar-refractivity contribution >= 4 is 17.9 Å². The lowest BCUT2D eigenvalue weighted by Crippen LogP contribution is -2.57. The van der Waals surface area contributed by atoms with E-state index in [-0.39, 0.29) is 23.8 Å². The summed E-state index contributed by atoms with van der Waals surface area (Å²) >= 11 is 0. The average molecular weight is 495 g/mol. The van der Waals surface area contributed by atoms with Crippen LogP contribution in [-0.2, 0) is 16.1 Å². The molecule has 1 saturated heterocycles. The summed E-state index contributed by atoms with van der Waals surface area (Å²) in [5.74, 6) is -0.239. The van der Waals surface area contributed by atoms with Gasteiger partial charge in [-0.3, -0.25) is 10.1 Å². The van der Waals surface area contributed by atoms with Crippen molar-refractivity contribution in [1.29, 1.82) is 0 Å². The first kappa shape index (κ1) is 25.3. The van der Waals surface area contributed by atoms with E-state index in [4.69, 9.17) is 4.74 Å². The zero-order valence-electron chi connectivity index (χ0n) is 20.7. The molecule has 10 heteroatoms. The fourth-order valence-corrected chi connectivity index (χ4v) is 4.20. The number of carbonyl (C=O) groups excluding carboxylic acids is 2. The number of anilines is 1. The molecular formula is C26H31FN6O3. The Hall–Kier alpha value is -3.79. The van der Waals surface area contributed by atoms with Gasteiger partial charge in [0.05, 0.1) is 19.2 Å². The number of nitrogens with zero attached hydrogens (tertiary/aromatic N) is 4. The number of halogens is 1. The number of benzene rings is 2. The van der Waals surface area contributed by atoms with Crippen LogP contribution in [0.1, 0.15) is 32.3 Å². The normalized spacial score (nSPS) is 15.7. The Morgan fingerprint density at radius 2 is 1.86 bits per heavy atom. The quantitative estimate of drug-likeness (QED) is 0.498. The average Bonchev–Trinajstić information content (AvgIpc) is 3.47. The van der Waals surface area contributed by atoms with Crippen LogP contribution in [0.2, 0.25) is 0 Å². The maximum atomic E-state index is 13.5. The predicted molar refractivity (Wildman–Crippen MR) is 134 cm³/mol. The summed E-state index contributed by atoms with van der Waals surface area (Å²) in [6.45, 7) is 4.73. The number of hydrogen-bond acceptors (Lipinski definition) is 5. The first-order valence-electron chi connectivity index (χ1n) is 11.9. The van der Waals surface area contributed by atoms with Gasteiger partial charge in [-0.1, -0.05) is 30.3 Å². The molecule has 0 bridgehead atoms. The molecule has 3 amide bonds. The predicted octanol–water partition coefficient (Wildman–Crippen LogP) is 3.67. The van der Waals surface area contributed by atoms with E-state index in [0.29, 0.717) is 31.1 Å². The Labute approximate surface area is 209 Å². The summed E-state index contributed by atoms with van der Waals surface area (Å²) < 4.78 is 20.4. The summed E-state index contributed by atoms with van der Waals surface area (Å²) in [5, 5.41) is 10.0. The monoisotopic (exact) mass is 494 g/mol. The van der Waals surface area contributed by atoms with E-state index < -0.39 is 11.4 Å². The highest BCUT2D eigenvalue weighted by atomic mass is 19.1. The summed E-state index contributed by atoms with van der Waals surface area (Å²) in [7, 11) is 1.61. The van der Waals surface area contributed by atoms with Gasteiger partial charge in [-0.25, -0.2) is 13.9 Å². The first-order valence-corrected chi connectivity index (χ1v) is 11.9. The van der Waals surface area contributed by atoms with Gasteiger partial charge in [0.15, 0.2) is 5.82 Å². The highest BCUT2D eigenvalue weighted by Gasteiger charge is 2.35. The molecule has 0 unspecified atom stereocenters. The minimum absolute atomic E-state index is 0.0116. The smallest absolute Gasteiger partial charge is 0.318 e. The van der Waals surface area contributed by atoms with Gasteiger partial charge in [0.1, 0.15) is 11.4 Å². The molecule has 1 aliphatic rings. The molecule has 1 atom stereocenters. The largest absolute Gasteiger partial charge is 0.383 e. The SMILES string of the molecule is COC[C@H]1CCCN1C(=O)NC(C)(C)C(=O)Nc1nc(-c2ccc(F)cc2)n(Cc2ccccc2)n1. The van der Waals surface area contributed by atoms with Crippen molar-refractivity contribution in [2.45, 2.75) is 44.8 Å². The van der Waals surface area contributed by atoms with Gasteiger partial charge in [-0.2, -0.15) is 4.98 Å². The molecule has 1 aromatic heterocycles. The number of ether oxygens (including phenoxy) is 1. The summed E-state index contributed by atoms with van der Waals surface area (Å²) in [6, 6.07) is 15.3. The fourth-order valence-electron chi connectivity index (χ4n) is 4.20. The van der Waals surface area contributed by atoms with Gasteiger partial charge < -0.3 is 15.0 Å². The van der Waals surface area contributed by atoms with Crippen LogP contribution in [0, 0.1) is 5.82 Å². The molecule has 0 spiro atoms. The molecule has 9 nitrogen and oxygen atoms in total. The zero-order valence-corrected chi connectivity index (χ0v) is 20.7. The van der Waals surface area contributed by atoms with Gasteiger partial charge in [-0.05, 0) is 56.5 Å². The van der Waals surface area contributed by atoms with Crippen molar-refractivity contribution in [3.8, 4) is 11.4 Å². The van der Waals surface area contributed by atoms with Crippen molar-refractivity contribution in [3.05, 3.63) is 66.0 Å². The van der Waals surface area contributed by atoms with E-state index in [9.17, 15) is 14.0 Å². The fraction of sp³-hybridized carbons (Fsp3) is 0.385. The molecule has 36 heavy (non-hydrogen) atoms. The van der Waals surface area contributed by atoms with E-state index in [2.05, 4.69) is 20.7 Å².